The number of aryl methyl sites for hydroxylation is 1. The average molecular weight is 328 g/mol. The summed E-state index contributed by atoms with van der Waals surface area (Å²) >= 11 is 3.00. The third-order valence-corrected chi connectivity index (χ3v) is 5.06. The SMILES string of the molecule is C=CCn1c(SC)nc2scc(-c3ccc(C)cc3)c2c1=O. The lowest BCUT2D eigenvalue weighted by Gasteiger charge is -2.08. The van der Waals surface area contributed by atoms with Gasteiger partial charge in [0, 0.05) is 17.5 Å². The van der Waals surface area contributed by atoms with Crippen LogP contribution in [0.3, 0.4) is 0 Å². The number of thioether (sulfide) groups is 1. The normalized spacial score (nSPS) is 11.0. The lowest BCUT2D eigenvalue weighted by atomic mass is 10.1. The van der Waals surface area contributed by atoms with Gasteiger partial charge in [0.25, 0.3) is 5.56 Å². The zero-order chi connectivity index (χ0) is 15.7. The molecule has 0 atom stereocenters. The van der Waals surface area contributed by atoms with Gasteiger partial charge >= 0.3 is 0 Å². The molecule has 22 heavy (non-hydrogen) atoms. The van der Waals surface area contributed by atoms with E-state index in [0.717, 1.165) is 21.1 Å². The van der Waals surface area contributed by atoms with Crippen molar-refractivity contribution in [2.75, 3.05) is 6.26 Å². The van der Waals surface area contributed by atoms with Crippen molar-refractivity contribution in [1.82, 2.24) is 9.55 Å². The van der Waals surface area contributed by atoms with E-state index in [1.165, 1.54) is 28.7 Å². The standard InChI is InChI=1S/C17H16N2OS2/c1-4-9-19-16(20)14-13(12-7-5-11(2)6-8-12)10-22-15(14)18-17(19)21-3/h4-8,10H,1,9H2,2-3H3. The molecule has 0 amide bonds. The molecule has 0 bridgehead atoms. The first-order chi connectivity index (χ1) is 10.7. The molecule has 0 aliphatic carbocycles. The van der Waals surface area contributed by atoms with Gasteiger partial charge < -0.3 is 0 Å². The quantitative estimate of drug-likeness (QED) is 0.406. The van der Waals surface area contributed by atoms with Crippen LogP contribution in [0.25, 0.3) is 21.3 Å². The van der Waals surface area contributed by atoms with Crippen LogP contribution < -0.4 is 5.56 Å². The Bertz CT molecular complexity index is 891. The van der Waals surface area contributed by atoms with Gasteiger partial charge in [-0.2, -0.15) is 0 Å². The predicted molar refractivity (Wildman–Crippen MR) is 96.0 cm³/mol. The highest BCUT2D eigenvalue weighted by Gasteiger charge is 2.16. The van der Waals surface area contributed by atoms with Gasteiger partial charge in [-0.15, -0.1) is 17.9 Å². The zero-order valence-corrected chi connectivity index (χ0v) is 14.1. The second kappa shape index (κ2) is 6.10. The van der Waals surface area contributed by atoms with E-state index in [1.807, 2.05) is 11.6 Å². The molecule has 3 rings (SSSR count). The zero-order valence-electron chi connectivity index (χ0n) is 12.5. The minimum Gasteiger partial charge on any atom is -0.283 e. The Hall–Kier alpha value is -1.85. The number of allylic oxidation sites excluding steroid dienone is 1. The van der Waals surface area contributed by atoms with Crippen LogP contribution in [0.4, 0.5) is 0 Å². The van der Waals surface area contributed by atoms with Crippen LogP contribution in [0.1, 0.15) is 5.56 Å². The maximum Gasteiger partial charge on any atom is 0.263 e. The summed E-state index contributed by atoms with van der Waals surface area (Å²) in [5, 5.41) is 3.45. The minimum absolute atomic E-state index is 0.00563. The Morgan fingerprint density at radius 1 is 1.36 bits per heavy atom. The number of thiophene rings is 1. The van der Waals surface area contributed by atoms with Crippen molar-refractivity contribution in [2.24, 2.45) is 0 Å². The van der Waals surface area contributed by atoms with Gasteiger partial charge in [0.2, 0.25) is 0 Å². The smallest absolute Gasteiger partial charge is 0.263 e. The average Bonchev–Trinajstić information content (AvgIpc) is 2.95. The maximum absolute atomic E-state index is 12.9. The lowest BCUT2D eigenvalue weighted by Crippen LogP contribution is -2.22. The molecule has 2 aromatic heterocycles. The van der Waals surface area contributed by atoms with E-state index in [4.69, 9.17) is 0 Å². The molecular weight excluding hydrogens is 312 g/mol. The molecule has 1 aromatic carbocycles. The number of hydrogen-bond acceptors (Lipinski definition) is 4. The third-order valence-electron chi connectivity index (χ3n) is 3.52. The summed E-state index contributed by atoms with van der Waals surface area (Å²) < 4.78 is 1.68. The highest BCUT2D eigenvalue weighted by Crippen LogP contribution is 2.32. The number of nitrogens with zero attached hydrogens (tertiary/aromatic N) is 2. The number of benzene rings is 1. The summed E-state index contributed by atoms with van der Waals surface area (Å²) in [7, 11) is 0. The summed E-state index contributed by atoms with van der Waals surface area (Å²) in [6.45, 7) is 6.26. The fourth-order valence-electron chi connectivity index (χ4n) is 2.40. The predicted octanol–water partition coefficient (Wildman–Crippen LogP) is 4.34. The third kappa shape index (κ3) is 2.51. The Labute approximate surface area is 137 Å². The Morgan fingerprint density at radius 2 is 2.09 bits per heavy atom. The van der Waals surface area contributed by atoms with Gasteiger partial charge in [0.15, 0.2) is 5.16 Å². The van der Waals surface area contributed by atoms with E-state index in [1.54, 1.807) is 10.6 Å². The topological polar surface area (TPSA) is 34.9 Å². The Balaban J connectivity index is 2.30. The summed E-state index contributed by atoms with van der Waals surface area (Å²) in [4.78, 5) is 18.3. The van der Waals surface area contributed by atoms with Crippen LogP contribution in [0.5, 0.6) is 0 Å². The highest BCUT2D eigenvalue weighted by molar-refractivity contribution is 7.98. The molecule has 0 radical (unpaired) electrons. The van der Waals surface area contributed by atoms with Gasteiger partial charge in [-0.05, 0) is 18.7 Å². The minimum atomic E-state index is 0.00563. The van der Waals surface area contributed by atoms with Crippen LogP contribution in [0, 0.1) is 6.92 Å². The van der Waals surface area contributed by atoms with Crippen LogP contribution in [0.15, 0.2) is 52.3 Å². The van der Waals surface area contributed by atoms with E-state index in [9.17, 15) is 4.79 Å². The first-order valence-corrected chi connectivity index (χ1v) is 9.00. The molecule has 3 aromatic rings. The van der Waals surface area contributed by atoms with Gasteiger partial charge in [0.1, 0.15) is 4.83 Å². The van der Waals surface area contributed by atoms with Gasteiger partial charge in [-0.3, -0.25) is 9.36 Å². The second-order valence-electron chi connectivity index (χ2n) is 5.00. The van der Waals surface area contributed by atoms with Crippen molar-refractivity contribution in [3.05, 3.63) is 58.2 Å². The molecule has 0 unspecified atom stereocenters. The molecule has 3 nitrogen and oxygen atoms in total. The number of rotatable bonds is 4. The van der Waals surface area contributed by atoms with E-state index >= 15 is 0 Å². The van der Waals surface area contributed by atoms with Gasteiger partial charge in [-0.25, -0.2) is 4.98 Å². The van der Waals surface area contributed by atoms with Gasteiger partial charge in [0.05, 0.1) is 5.39 Å². The summed E-state index contributed by atoms with van der Waals surface area (Å²) in [5.74, 6) is 0. The van der Waals surface area contributed by atoms with E-state index in [2.05, 4.69) is 42.8 Å². The Kier molecular flexibility index (Phi) is 4.18. The fourth-order valence-corrected chi connectivity index (χ4v) is 3.95. The molecule has 0 saturated heterocycles. The van der Waals surface area contributed by atoms with E-state index < -0.39 is 0 Å². The van der Waals surface area contributed by atoms with Crippen molar-refractivity contribution in [2.45, 2.75) is 18.6 Å². The van der Waals surface area contributed by atoms with Crippen molar-refractivity contribution in [3.63, 3.8) is 0 Å². The molecule has 0 saturated carbocycles. The molecular formula is C17H16N2OS2. The largest absolute Gasteiger partial charge is 0.283 e. The fraction of sp³-hybridized carbons (Fsp3) is 0.176. The highest BCUT2D eigenvalue weighted by atomic mass is 32.2. The van der Waals surface area contributed by atoms with E-state index in [-0.39, 0.29) is 5.56 Å². The van der Waals surface area contributed by atoms with Crippen LogP contribution in [-0.4, -0.2) is 15.8 Å². The molecule has 5 heteroatoms. The molecule has 0 fully saturated rings. The van der Waals surface area contributed by atoms with Crippen LogP contribution in [0.2, 0.25) is 0 Å². The van der Waals surface area contributed by atoms with Crippen molar-refractivity contribution >= 4 is 33.3 Å². The molecule has 2 heterocycles. The second-order valence-corrected chi connectivity index (χ2v) is 6.63. The van der Waals surface area contributed by atoms with Crippen molar-refractivity contribution in [1.29, 1.82) is 0 Å². The summed E-state index contributed by atoms with van der Waals surface area (Å²) in [6.07, 6.45) is 3.66. The molecule has 0 spiro atoms. The molecule has 0 aliphatic heterocycles. The van der Waals surface area contributed by atoms with Crippen molar-refractivity contribution < 1.29 is 0 Å². The van der Waals surface area contributed by atoms with Crippen molar-refractivity contribution in [3.8, 4) is 11.1 Å². The summed E-state index contributed by atoms with van der Waals surface area (Å²) in [6, 6.07) is 8.22. The number of hydrogen-bond donors (Lipinski definition) is 0. The number of aromatic nitrogens is 2. The molecule has 112 valence electrons. The van der Waals surface area contributed by atoms with Crippen LogP contribution in [-0.2, 0) is 6.54 Å². The first kappa shape index (κ1) is 15.1. The maximum atomic E-state index is 12.9. The number of fused-ring (bicyclic) bond motifs is 1. The monoisotopic (exact) mass is 328 g/mol. The van der Waals surface area contributed by atoms with Crippen LogP contribution >= 0.6 is 23.1 Å². The molecule has 0 N–H and O–H groups in total. The lowest BCUT2D eigenvalue weighted by molar-refractivity contribution is 0.674. The van der Waals surface area contributed by atoms with E-state index in [0.29, 0.717) is 11.9 Å². The molecule has 0 aliphatic rings. The summed E-state index contributed by atoms with van der Waals surface area (Å²) in [5.41, 5.74) is 3.22. The van der Waals surface area contributed by atoms with Gasteiger partial charge in [-0.1, -0.05) is 47.7 Å². The Morgan fingerprint density at radius 3 is 2.73 bits per heavy atom. The first-order valence-electron chi connectivity index (χ1n) is 6.89.